The Morgan fingerprint density at radius 2 is 2.60 bits per heavy atom. The fourth-order valence-corrected chi connectivity index (χ4v) is 0.589. The number of halogens is 1. The highest BCUT2D eigenvalue weighted by Crippen LogP contribution is 2.04. The Kier molecular flexibility index (Phi) is 2.25. The molecule has 56 valence electrons. The lowest BCUT2D eigenvalue weighted by molar-refractivity contribution is 0.502. The van der Waals surface area contributed by atoms with Gasteiger partial charge in [0.05, 0.1) is 5.69 Å². The zero-order valence-electron chi connectivity index (χ0n) is 5.72. The molecule has 1 heterocycles. The number of aryl methyl sites for hydroxylation is 1. The number of rotatable bonds is 3. The molecule has 0 spiro atoms. The number of hydrogen-bond donors (Lipinski definition) is 1. The van der Waals surface area contributed by atoms with E-state index in [4.69, 9.17) is 4.42 Å². The van der Waals surface area contributed by atoms with Crippen LogP contribution in [-0.4, -0.2) is 18.2 Å². The number of nitrogens with one attached hydrogen (secondary N) is 1. The predicted molar refractivity (Wildman–Crippen MR) is 35.7 cm³/mol. The lowest BCUT2D eigenvalue weighted by Crippen LogP contribution is -2.02. The molecule has 1 aromatic rings. The van der Waals surface area contributed by atoms with Crippen LogP contribution in [-0.2, 0) is 0 Å². The number of anilines is 1. The van der Waals surface area contributed by atoms with Gasteiger partial charge in [-0.15, -0.1) is 0 Å². The highest BCUT2D eigenvalue weighted by atomic mass is 19.1. The van der Waals surface area contributed by atoms with Crippen molar-refractivity contribution < 1.29 is 8.81 Å². The second-order valence-electron chi connectivity index (χ2n) is 1.91. The van der Waals surface area contributed by atoms with Gasteiger partial charge in [0.25, 0.3) is 6.01 Å². The van der Waals surface area contributed by atoms with E-state index in [1.54, 1.807) is 0 Å². The van der Waals surface area contributed by atoms with Gasteiger partial charge in [0.2, 0.25) is 0 Å². The summed E-state index contributed by atoms with van der Waals surface area (Å²) >= 11 is 0. The van der Waals surface area contributed by atoms with Crippen LogP contribution in [0.1, 0.15) is 5.69 Å². The molecule has 0 amide bonds. The van der Waals surface area contributed by atoms with E-state index in [1.807, 2.05) is 6.92 Å². The molecule has 0 atom stereocenters. The molecule has 4 heteroatoms. The van der Waals surface area contributed by atoms with Crippen molar-refractivity contribution >= 4 is 6.01 Å². The van der Waals surface area contributed by atoms with Crippen LogP contribution in [0.4, 0.5) is 10.4 Å². The summed E-state index contributed by atoms with van der Waals surface area (Å²) in [5.74, 6) is 0. The lowest BCUT2D eigenvalue weighted by atomic mass is 10.6. The Morgan fingerprint density at radius 3 is 3.10 bits per heavy atom. The van der Waals surface area contributed by atoms with Gasteiger partial charge < -0.3 is 9.73 Å². The highest BCUT2D eigenvalue weighted by Gasteiger charge is 1.96. The molecule has 0 aliphatic carbocycles. The number of alkyl halides is 1. The molecule has 1 N–H and O–H groups in total. The first-order valence-electron chi connectivity index (χ1n) is 3.05. The molecule has 0 fully saturated rings. The van der Waals surface area contributed by atoms with Crippen molar-refractivity contribution in [3.05, 3.63) is 12.0 Å². The summed E-state index contributed by atoms with van der Waals surface area (Å²) in [7, 11) is 0. The third-order valence-electron chi connectivity index (χ3n) is 0.990. The van der Waals surface area contributed by atoms with Crippen molar-refractivity contribution in [1.82, 2.24) is 4.98 Å². The van der Waals surface area contributed by atoms with Gasteiger partial charge >= 0.3 is 0 Å². The number of nitrogens with zero attached hydrogens (tertiary/aromatic N) is 1. The molecule has 0 aliphatic heterocycles. The molecular weight excluding hydrogens is 135 g/mol. The molecule has 0 radical (unpaired) electrons. The zero-order chi connectivity index (χ0) is 7.40. The minimum Gasteiger partial charge on any atom is -0.432 e. The van der Waals surface area contributed by atoms with Gasteiger partial charge in [-0.25, -0.2) is 4.39 Å². The van der Waals surface area contributed by atoms with Crippen LogP contribution in [0.15, 0.2) is 10.7 Å². The van der Waals surface area contributed by atoms with E-state index in [9.17, 15) is 4.39 Å². The highest BCUT2D eigenvalue weighted by molar-refractivity contribution is 5.20. The van der Waals surface area contributed by atoms with Crippen molar-refractivity contribution in [3.8, 4) is 0 Å². The van der Waals surface area contributed by atoms with Crippen LogP contribution in [0.2, 0.25) is 0 Å². The van der Waals surface area contributed by atoms with E-state index < -0.39 is 6.67 Å². The molecule has 0 unspecified atom stereocenters. The number of aromatic nitrogens is 1. The minimum absolute atomic E-state index is 0.250. The van der Waals surface area contributed by atoms with Crippen molar-refractivity contribution in [3.63, 3.8) is 0 Å². The molecular formula is C6H9FN2O. The summed E-state index contributed by atoms with van der Waals surface area (Å²) in [5, 5.41) is 2.66. The third kappa shape index (κ3) is 1.72. The minimum atomic E-state index is -0.415. The zero-order valence-corrected chi connectivity index (χ0v) is 5.72. The molecule has 3 nitrogen and oxygen atoms in total. The Balaban J connectivity index is 2.42. The summed E-state index contributed by atoms with van der Waals surface area (Å²) in [6.45, 7) is 1.64. The largest absolute Gasteiger partial charge is 0.432 e. The normalized spacial score (nSPS) is 9.80. The topological polar surface area (TPSA) is 38.1 Å². The second-order valence-corrected chi connectivity index (χ2v) is 1.91. The van der Waals surface area contributed by atoms with Crippen LogP contribution >= 0.6 is 0 Å². The van der Waals surface area contributed by atoms with Crippen LogP contribution < -0.4 is 5.32 Å². The molecule has 0 saturated carbocycles. The van der Waals surface area contributed by atoms with Gasteiger partial charge in [0.1, 0.15) is 12.9 Å². The van der Waals surface area contributed by atoms with Crippen molar-refractivity contribution in [2.45, 2.75) is 6.92 Å². The average molecular weight is 144 g/mol. The molecule has 0 aliphatic rings. The molecule has 1 aromatic heterocycles. The van der Waals surface area contributed by atoms with Gasteiger partial charge in [0, 0.05) is 6.54 Å². The predicted octanol–water partition coefficient (Wildman–Crippen LogP) is 1.36. The first-order valence-corrected chi connectivity index (χ1v) is 3.05. The first-order chi connectivity index (χ1) is 4.83. The fraction of sp³-hybridized carbons (Fsp3) is 0.500. The van der Waals surface area contributed by atoms with E-state index in [0.717, 1.165) is 5.69 Å². The van der Waals surface area contributed by atoms with E-state index >= 15 is 0 Å². The van der Waals surface area contributed by atoms with Gasteiger partial charge in [-0.3, -0.25) is 0 Å². The maximum Gasteiger partial charge on any atom is 0.294 e. The van der Waals surface area contributed by atoms with Crippen LogP contribution in [0.25, 0.3) is 0 Å². The molecule has 0 saturated heterocycles. The fourth-order valence-electron chi connectivity index (χ4n) is 0.589. The Bertz CT molecular complexity index is 199. The van der Waals surface area contributed by atoms with Crippen LogP contribution in [0.5, 0.6) is 0 Å². The van der Waals surface area contributed by atoms with Crippen molar-refractivity contribution in [1.29, 1.82) is 0 Å². The van der Waals surface area contributed by atoms with E-state index in [0.29, 0.717) is 6.01 Å². The average Bonchev–Trinajstić information content (AvgIpc) is 2.31. The molecule has 0 bridgehead atoms. The summed E-state index contributed by atoms with van der Waals surface area (Å²) in [4.78, 5) is 3.90. The van der Waals surface area contributed by atoms with Crippen molar-refractivity contribution in [2.75, 3.05) is 18.5 Å². The summed E-state index contributed by atoms with van der Waals surface area (Å²) in [6.07, 6.45) is 1.51. The lowest BCUT2D eigenvalue weighted by Gasteiger charge is -1.93. The smallest absolute Gasteiger partial charge is 0.294 e. The van der Waals surface area contributed by atoms with Gasteiger partial charge in [-0.2, -0.15) is 4.98 Å². The maximum atomic E-state index is 11.6. The van der Waals surface area contributed by atoms with E-state index in [1.165, 1.54) is 6.26 Å². The van der Waals surface area contributed by atoms with Crippen LogP contribution in [0, 0.1) is 6.92 Å². The Labute approximate surface area is 58.3 Å². The Morgan fingerprint density at radius 1 is 1.80 bits per heavy atom. The molecule has 1 rings (SSSR count). The van der Waals surface area contributed by atoms with Crippen molar-refractivity contribution in [2.24, 2.45) is 0 Å². The number of hydrogen-bond acceptors (Lipinski definition) is 3. The molecule has 10 heavy (non-hydrogen) atoms. The quantitative estimate of drug-likeness (QED) is 0.696. The van der Waals surface area contributed by atoms with Crippen LogP contribution in [0.3, 0.4) is 0 Å². The maximum absolute atomic E-state index is 11.6. The standard InChI is InChI=1S/C6H9FN2O/c1-5-4-10-6(9-5)8-3-2-7/h4H,2-3H2,1H3,(H,8,9). The summed E-state index contributed by atoms with van der Waals surface area (Å²) < 4.78 is 16.4. The summed E-state index contributed by atoms with van der Waals surface area (Å²) in [5.41, 5.74) is 0.793. The second kappa shape index (κ2) is 3.20. The number of oxazole rings is 1. The third-order valence-corrected chi connectivity index (χ3v) is 0.990. The summed E-state index contributed by atoms with van der Waals surface area (Å²) in [6, 6.07) is 0.384. The van der Waals surface area contributed by atoms with E-state index in [2.05, 4.69) is 10.3 Å². The SMILES string of the molecule is Cc1coc(NCCF)n1. The Hall–Kier alpha value is -1.06. The van der Waals surface area contributed by atoms with Gasteiger partial charge in [-0.1, -0.05) is 0 Å². The molecule has 0 aromatic carbocycles. The van der Waals surface area contributed by atoms with E-state index in [-0.39, 0.29) is 6.54 Å². The van der Waals surface area contributed by atoms with Gasteiger partial charge in [0.15, 0.2) is 0 Å². The monoisotopic (exact) mass is 144 g/mol. The van der Waals surface area contributed by atoms with Gasteiger partial charge in [-0.05, 0) is 6.92 Å². The first kappa shape index (κ1) is 7.05.